The summed E-state index contributed by atoms with van der Waals surface area (Å²) < 4.78 is 14.2. The number of aliphatic carboxylic acids is 3. The molecular weight excluding hydrogens is 878 g/mol. The molecule has 66 heavy (non-hydrogen) atoms. The molecular formula is C42H65N5O19. The third-order valence-electron chi connectivity index (χ3n) is 6.37. The second-order valence-corrected chi connectivity index (χ2v) is 14.0. The Balaban J connectivity index is -0.000000223. The van der Waals surface area contributed by atoms with Gasteiger partial charge >= 0.3 is 29.8 Å². The maximum atomic E-state index is 10.8. The Morgan fingerprint density at radius 1 is 0.530 bits per heavy atom. The molecule has 3 atom stereocenters. The fourth-order valence-electron chi connectivity index (χ4n) is 4.01. The van der Waals surface area contributed by atoms with Crippen LogP contribution in [0.4, 0.5) is 0 Å². The number of ether oxygens (including phenoxy) is 1. The highest BCUT2D eigenvalue weighted by Gasteiger charge is 2.20. The predicted octanol–water partition coefficient (Wildman–Crippen LogP) is 2.02. The van der Waals surface area contributed by atoms with Crippen LogP contribution in [0.15, 0.2) is 8.83 Å². The summed E-state index contributed by atoms with van der Waals surface area (Å²) in [5.74, 6) is -3.11. The number of amides is 2. The second-order valence-electron chi connectivity index (χ2n) is 14.0. The van der Waals surface area contributed by atoms with Gasteiger partial charge in [0.2, 0.25) is 11.8 Å². The molecule has 3 unspecified atom stereocenters. The van der Waals surface area contributed by atoms with Crippen LogP contribution < -0.4 is 16.4 Å². The molecule has 0 radical (unpaired) electrons. The van der Waals surface area contributed by atoms with Gasteiger partial charge in [-0.3, -0.25) is 52.7 Å². The van der Waals surface area contributed by atoms with E-state index >= 15 is 0 Å². The quantitative estimate of drug-likeness (QED) is 0.110. The normalized spacial score (nSPS) is 10.6. The van der Waals surface area contributed by atoms with E-state index in [1.165, 1.54) is 69.2 Å². The molecule has 0 saturated heterocycles. The third kappa shape index (κ3) is 47.9. The Bertz CT molecular complexity index is 1830. The van der Waals surface area contributed by atoms with Gasteiger partial charge in [0.25, 0.3) is 0 Å². The highest BCUT2D eigenvalue weighted by Crippen LogP contribution is 2.10. The van der Waals surface area contributed by atoms with Gasteiger partial charge < -0.3 is 50.1 Å². The first kappa shape index (κ1) is 68.0. The summed E-state index contributed by atoms with van der Waals surface area (Å²) >= 11 is 0. The summed E-state index contributed by atoms with van der Waals surface area (Å²) in [6, 6.07) is -2.79. The highest BCUT2D eigenvalue weighted by atomic mass is 16.6. The molecule has 2 aromatic heterocycles. The van der Waals surface area contributed by atoms with E-state index < -0.39 is 53.9 Å². The molecule has 2 amide bonds. The monoisotopic (exact) mass is 943 g/mol. The Morgan fingerprint density at radius 2 is 0.864 bits per heavy atom. The van der Waals surface area contributed by atoms with Gasteiger partial charge in [0.05, 0.1) is 30.3 Å². The van der Waals surface area contributed by atoms with Crippen molar-refractivity contribution >= 4 is 76.4 Å². The zero-order valence-electron chi connectivity index (χ0n) is 40.1. The summed E-state index contributed by atoms with van der Waals surface area (Å²) in [5.41, 5.74) is 6.27. The number of Topliss-reactive ketones (excluding diaryl/α,β-unsaturated/α-hetero) is 6. The van der Waals surface area contributed by atoms with Crippen molar-refractivity contribution in [1.29, 1.82) is 0 Å². The number of oxazole rings is 2. The molecule has 0 aromatic carbocycles. The van der Waals surface area contributed by atoms with Gasteiger partial charge in [-0.05, 0) is 62.3 Å². The molecule has 372 valence electrons. The zero-order chi connectivity index (χ0) is 53.2. The van der Waals surface area contributed by atoms with Crippen molar-refractivity contribution in [2.75, 3.05) is 0 Å². The molecule has 7 N–H and O–H groups in total. The number of nitrogens with one attached hydrogen (secondary N) is 2. The molecule has 24 heteroatoms. The summed E-state index contributed by atoms with van der Waals surface area (Å²) in [5, 5.41) is 29.6. The van der Waals surface area contributed by atoms with E-state index in [1.54, 1.807) is 27.7 Å². The first-order chi connectivity index (χ1) is 29.9. The number of nitrogens with two attached hydrogens (primary N) is 1. The SMILES string of the molecule is CC(=O)CC(N)C(=O)O.CC(=O)CC(NC(C)=O)C(=O)O.CC(=O)CC(NC(C)=O)C(C)=O.CC(=O)Cc1nc(C)oc1C.CC(=O)OC(C)=O.CC(C)=O.Cc1nc(CC(=O)O)c(C)o1. The average molecular weight is 944 g/mol. The summed E-state index contributed by atoms with van der Waals surface area (Å²) in [6.07, 6.45) is 0.130. The number of rotatable bonds is 15. The number of carboxylic acid groups (broad SMARTS) is 3. The number of aryl methyl sites for hydroxylation is 4. The molecule has 2 rings (SSSR count). The van der Waals surface area contributed by atoms with E-state index in [0.29, 0.717) is 29.7 Å². The van der Waals surface area contributed by atoms with E-state index in [0.717, 1.165) is 11.5 Å². The minimum absolute atomic E-state index is 0.0663. The first-order valence-corrected chi connectivity index (χ1v) is 19.4. The molecule has 2 aromatic rings. The minimum atomic E-state index is -1.19. The highest BCUT2D eigenvalue weighted by molar-refractivity contribution is 5.91. The summed E-state index contributed by atoms with van der Waals surface area (Å²) in [4.78, 5) is 142. The molecule has 0 bridgehead atoms. The standard InChI is InChI=1S/C8H13NO3.C8H11NO2.C7H11NO4.C7H9NO3.C5H9NO3.C4H6O3.C3H6O/c1-5(10)4-8(6(2)11)9-7(3)12;1-5(10)4-8-6(2)11-7(3)9-8;1-4(9)3-6(7(11)12)8-5(2)10;1-4-6(3-7(9)10)8-5(2)11-4;1-3(7)2-4(6)5(8)9;1-3(5)7-4(2)6;1-3(2)4/h8H,4H2,1-3H3,(H,9,12);4H2,1-3H3;6H,3H2,1-2H3,(H,8,10)(H,11,12);3H2,1-2H3,(H,9,10);4H,2,6H2,1H3,(H,8,9);1-2H3;1-2H3. The Kier molecular flexibility index (Phi) is 38.4. The van der Waals surface area contributed by atoms with Crippen molar-refractivity contribution in [3.63, 3.8) is 0 Å². The lowest BCUT2D eigenvalue weighted by atomic mass is 10.1. The molecule has 0 aliphatic rings. The van der Waals surface area contributed by atoms with Crippen LogP contribution in [0.3, 0.4) is 0 Å². The van der Waals surface area contributed by atoms with Gasteiger partial charge in [0, 0.05) is 60.8 Å². The van der Waals surface area contributed by atoms with E-state index in [2.05, 4.69) is 25.3 Å². The molecule has 0 fully saturated rings. The number of aromatic nitrogens is 2. The molecule has 0 aliphatic heterocycles. The van der Waals surface area contributed by atoms with Crippen molar-refractivity contribution in [2.24, 2.45) is 5.73 Å². The maximum Gasteiger partial charge on any atom is 0.326 e. The van der Waals surface area contributed by atoms with Crippen LogP contribution in [0.1, 0.15) is 130 Å². The van der Waals surface area contributed by atoms with Crippen molar-refractivity contribution < 1.29 is 91.2 Å². The first-order valence-electron chi connectivity index (χ1n) is 19.4. The molecule has 0 spiro atoms. The Hall–Kier alpha value is -7.11. The Labute approximate surface area is 382 Å². The predicted molar refractivity (Wildman–Crippen MR) is 232 cm³/mol. The van der Waals surface area contributed by atoms with Crippen LogP contribution in [0, 0.1) is 27.7 Å². The number of esters is 2. The molecule has 0 aliphatic carbocycles. The number of hydrogen-bond acceptors (Lipinski definition) is 19. The lowest BCUT2D eigenvalue weighted by molar-refractivity contribution is -0.156. The van der Waals surface area contributed by atoms with Crippen molar-refractivity contribution in [2.45, 2.75) is 154 Å². The fraction of sp³-hybridized carbons (Fsp3) is 0.548. The summed E-state index contributed by atoms with van der Waals surface area (Å²) in [6.45, 7) is 21.8. The minimum Gasteiger partial charge on any atom is -0.481 e. The largest absolute Gasteiger partial charge is 0.481 e. The number of ketones is 6. The smallest absolute Gasteiger partial charge is 0.326 e. The maximum absolute atomic E-state index is 10.8. The number of nitrogens with zero attached hydrogens (tertiary/aromatic N) is 2. The number of hydrogen-bond donors (Lipinski definition) is 6. The van der Waals surface area contributed by atoms with Crippen LogP contribution in [0.25, 0.3) is 0 Å². The van der Waals surface area contributed by atoms with E-state index in [1.807, 2.05) is 6.92 Å². The summed E-state index contributed by atoms with van der Waals surface area (Å²) in [7, 11) is 0. The van der Waals surface area contributed by atoms with Gasteiger partial charge in [0.1, 0.15) is 52.5 Å². The van der Waals surface area contributed by atoms with E-state index in [4.69, 9.17) is 29.9 Å². The van der Waals surface area contributed by atoms with Gasteiger partial charge in [-0.25, -0.2) is 14.8 Å². The van der Waals surface area contributed by atoms with Crippen LogP contribution in [-0.2, 0) is 79.9 Å². The zero-order valence-corrected chi connectivity index (χ0v) is 40.1. The van der Waals surface area contributed by atoms with Gasteiger partial charge in [0.15, 0.2) is 17.6 Å². The lowest BCUT2D eigenvalue weighted by Gasteiger charge is -2.11. The van der Waals surface area contributed by atoms with Gasteiger partial charge in [-0.2, -0.15) is 0 Å². The van der Waals surface area contributed by atoms with E-state index in [9.17, 15) is 62.3 Å². The molecule has 0 saturated carbocycles. The van der Waals surface area contributed by atoms with Crippen LogP contribution in [0.5, 0.6) is 0 Å². The van der Waals surface area contributed by atoms with Crippen LogP contribution in [0.2, 0.25) is 0 Å². The fourth-order valence-corrected chi connectivity index (χ4v) is 4.01. The van der Waals surface area contributed by atoms with Crippen molar-refractivity contribution in [3.8, 4) is 0 Å². The molecule has 2 heterocycles. The van der Waals surface area contributed by atoms with Crippen molar-refractivity contribution in [1.82, 2.24) is 20.6 Å². The lowest BCUT2D eigenvalue weighted by Crippen LogP contribution is -2.40. The molecule has 24 nitrogen and oxygen atoms in total. The topological polar surface area (TPSA) is 394 Å². The Morgan fingerprint density at radius 3 is 1.06 bits per heavy atom. The number of carboxylic acids is 3. The van der Waals surface area contributed by atoms with Crippen LogP contribution >= 0.6 is 0 Å². The average Bonchev–Trinajstić information content (AvgIpc) is 3.58. The van der Waals surface area contributed by atoms with Crippen LogP contribution in [-0.4, -0.2) is 120 Å². The number of carbonyl (C=O) groups is 13. The van der Waals surface area contributed by atoms with Gasteiger partial charge in [-0.15, -0.1) is 0 Å². The van der Waals surface area contributed by atoms with Gasteiger partial charge in [-0.1, -0.05) is 0 Å². The third-order valence-corrected chi connectivity index (χ3v) is 6.37. The van der Waals surface area contributed by atoms with Crippen molar-refractivity contribution in [3.05, 3.63) is 34.7 Å². The van der Waals surface area contributed by atoms with E-state index in [-0.39, 0.29) is 66.3 Å². The second kappa shape index (κ2) is 37.3. The number of carbonyl (C=O) groups excluding carboxylic acids is 10.